The molecule has 0 radical (unpaired) electrons. The summed E-state index contributed by atoms with van der Waals surface area (Å²) in [4.78, 5) is 13.4. The molecule has 0 amide bonds. The molecule has 0 bridgehead atoms. The van der Waals surface area contributed by atoms with Crippen LogP contribution in [0.25, 0.3) is 5.57 Å². The number of carbonyl (C=O) groups is 1. The summed E-state index contributed by atoms with van der Waals surface area (Å²) < 4.78 is 5.69. The van der Waals surface area contributed by atoms with Gasteiger partial charge >= 0.3 is 5.97 Å². The maximum Gasteiger partial charge on any atom is 0.339 e. The van der Waals surface area contributed by atoms with Crippen molar-refractivity contribution in [1.82, 2.24) is 4.90 Å². The number of carbonyl (C=O) groups excluding carboxylic acids is 1. The van der Waals surface area contributed by atoms with Crippen LogP contribution in [-0.4, -0.2) is 32.1 Å². The van der Waals surface area contributed by atoms with Gasteiger partial charge in [0.2, 0.25) is 0 Å². The lowest BCUT2D eigenvalue weighted by molar-refractivity contribution is -0.133. The highest BCUT2D eigenvalue weighted by molar-refractivity contribution is 9.10. The summed E-state index contributed by atoms with van der Waals surface area (Å²) in [5.41, 5.74) is 1.36. The molecule has 1 aromatic carbocycles. The van der Waals surface area contributed by atoms with Gasteiger partial charge in [0.1, 0.15) is 0 Å². The van der Waals surface area contributed by atoms with Crippen LogP contribution in [0.3, 0.4) is 0 Å². The fourth-order valence-electron chi connectivity index (χ4n) is 1.27. The number of methoxy groups -OCH3 is 1. The number of benzene rings is 1. The molecule has 16 heavy (non-hydrogen) atoms. The quantitative estimate of drug-likeness (QED) is 0.631. The Morgan fingerprint density at radius 1 is 1.44 bits per heavy atom. The predicted molar refractivity (Wildman–Crippen MR) is 67.8 cm³/mol. The molecule has 0 spiro atoms. The zero-order valence-corrected chi connectivity index (χ0v) is 11.1. The van der Waals surface area contributed by atoms with Crippen molar-refractivity contribution in [3.63, 3.8) is 0 Å². The molecule has 0 unspecified atom stereocenters. The van der Waals surface area contributed by atoms with Gasteiger partial charge in [0.25, 0.3) is 0 Å². The van der Waals surface area contributed by atoms with E-state index >= 15 is 0 Å². The van der Waals surface area contributed by atoms with Crippen molar-refractivity contribution in [1.29, 1.82) is 0 Å². The van der Waals surface area contributed by atoms with E-state index in [0.29, 0.717) is 5.57 Å². The third-order valence-electron chi connectivity index (χ3n) is 1.93. The van der Waals surface area contributed by atoms with E-state index in [1.807, 2.05) is 43.3 Å². The Morgan fingerprint density at radius 2 is 2.12 bits per heavy atom. The molecule has 0 atom stereocenters. The van der Waals surface area contributed by atoms with Gasteiger partial charge < -0.3 is 9.64 Å². The second-order valence-electron chi connectivity index (χ2n) is 3.51. The lowest BCUT2D eigenvalue weighted by atomic mass is 10.1. The topological polar surface area (TPSA) is 29.5 Å². The van der Waals surface area contributed by atoms with Crippen LogP contribution in [0.15, 0.2) is 34.9 Å². The van der Waals surface area contributed by atoms with E-state index < -0.39 is 0 Å². The van der Waals surface area contributed by atoms with Crippen LogP contribution in [0.5, 0.6) is 0 Å². The van der Waals surface area contributed by atoms with Gasteiger partial charge in [-0.25, -0.2) is 4.79 Å². The smallest absolute Gasteiger partial charge is 0.339 e. The minimum absolute atomic E-state index is 0.341. The van der Waals surface area contributed by atoms with E-state index in [0.717, 1.165) is 10.0 Å². The van der Waals surface area contributed by atoms with Crippen molar-refractivity contribution in [2.75, 3.05) is 21.2 Å². The average molecular weight is 284 g/mol. The molecule has 0 N–H and O–H groups in total. The highest BCUT2D eigenvalue weighted by Crippen LogP contribution is 2.20. The molecule has 3 nitrogen and oxygen atoms in total. The Morgan fingerprint density at radius 3 is 2.62 bits per heavy atom. The lowest BCUT2D eigenvalue weighted by Gasteiger charge is -2.10. The van der Waals surface area contributed by atoms with Crippen molar-refractivity contribution in [3.05, 3.63) is 40.5 Å². The number of halogens is 1. The first-order valence-corrected chi connectivity index (χ1v) is 5.56. The molecule has 1 rings (SSSR count). The summed E-state index contributed by atoms with van der Waals surface area (Å²) >= 11 is 3.37. The van der Waals surface area contributed by atoms with Gasteiger partial charge in [0, 0.05) is 24.8 Å². The highest BCUT2D eigenvalue weighted by atomic mass is 79.9. The first-order valence-electron chi connectivity index (χ1n) is 4.77. The summed E-state index contributed by atoms with van der Waals surface area (Å²) in [6.07, 6.45) is 1.74. The summed E-state index contributed by atoms with van der Waals surface area (Å²) in [6, 6.07) is 7.54. The normalized spacial score (nSPS) is 11.1. The number of rotatable bonds is 3. The third-order valence-corrected chi connectivity index (χ3v) is 2.42. The first-order chi connectivity index (χ1) is 7.54. The minimum atomic E-state index is -0.341. The Balaban J connectivity index is 3.16. The molecule has 0 heterocycles. The maximum atomic E-state index is 11.6. The largest absolute Gasteiger partial charge is 0.465 e. The van der Waals surface area contributed by atoms with E-state index in [2.05, 4.69) is 15.9 Å². The summed E-state index contributed by atoms with van der Waals surface area (Å²) in [7, 11) is 5.10. The molecule has 0 saturated heterocycles. The zero-order chi connectivity index (χ0) is 12.1. The van der Waals surface area contributed by atoms with Crippen molar-refractivity contribution >= 4 is 27.5 Å². The van der Waals surface area contributed by atoms with E-state index in [4.69, 9.17) is 4.74 Å². The van der Waals surface area contributed by atoms with Crippen LogP contribution in [0.4, 0.5) is 0 Å². The van der Waals surface area contributed by atoms with Gasteiger partial charge in [-0.15, -0.1) is 0 Å². The van der Waals surface area contributed by atoms with Gasteiger partial charge in [-0.1, -0.05) is 28.1 Å². The van der Waals surface area contributed by atoms with Crippen molar-refractivity contribution < 1.29 is 9.53 Å². The molecule has 0 aromatic heterocycles. The molecule has 0 saturated carbocycles. The molecule has 1 aromatic rings. The van der Waals surface area contributed by atoms with Crippen LogP contribution in [0.1, 0.15) is 5.56 Å². The van der Waals surface area contributed by atoms with E-state index in [1.165, 1.54) is 7.11 Å². The Hall–Kier alpha value is -1.29. The third kappa shape index (κ3) is 3.38. The first kappa shape index (κ1) is 12.8. The zero-order valence-electron chi connectivity index (χ0n) is 9.53. The number of hydrogen-bond acceptors (Lipinski definition) is 3. The summed E-state index contributed by atoms with van der Waals surface area (Å²) in [5.74, 6) is -0.341. The fourth-order valence-corrected chi connectivity index (χ4v) is 1.67. The second kappa shape index (κ2) is 5.70. The second-order valence-corrected chi connectivity index (χ2v) is 4.42. The highest BCUT2D eigenvalue weighted by Gasteiger charge is 2.12. The van der Waals surface area contributed by atoms with Crippen molar-refractivity contribution in [2.24, 2.45) is 0 Å². The molecular formula is C12H14BrNO2. The van der Waals surface area contributed by atoms with E-state index in [-0.39, 0.29) is 5.97 Å². The van der Waals surface area contributed by atoms with Crippen LogP contribution < -0.4 is 0 Å². The maximum absolute atomic E-state index is 11.6. The number of nitrogens with zero attached hydrogens (tertiary/aromatic N) is 1. The van der Waals surface area contributed by atoms with Crippen molar-refractivity contribution in [3.8, 4) is 0 Å². The fraction of sp³-hybridized carbons (Fsp3) is 0.250. The van der Waals surface area contributed by atoms with Crippen LogP contribution in [-0.2, 0) is 9.53 Å². The molecule has 0 aliphatic rings. The Labute approximate surface area is 104 Å². The summed E-state index contributed by atoms with van der Waals surface area (Å²) in [5, 5.41) is 0. The number of hydrogen-bond donors (Lipinski definition) is 0. The van der Waals surface area contributed by atoms with Gasteiger partial charge in [-0.05, 0) is 17.7 Å². The molecule has 0 fully saturated rings. The van der Waals surface area contributed by atoms with Gasteiger partial charge in [-0.3, -0.25) is 0 Å². The standard InChI is InChI=1S/C12H14BrNO2/c1-14(2)8-11(12(15)16-3)9-5-4-6-10(13)7-9/h4-8H,1-3H3/b11-8-. The van der Waals surface area contributed by atoms with Crippen molar-refractivity contribution in [2.45, 2.75) is 0 Å². The number of esters is 1. The number of ether oxygens (including phenoxy) is 1. The van der Waals surface area contributed by atoms with Gasteiger partial charge in [-0.2, -0.15) is 0 Å². The SMILES string of the molecule is COC(=O)/C(=C\N(C)C)c1cccc(Br)c1. The van der Waals surface area contributed by atoms with Gasteiger partial charge in [0.05, 0.1) is 12.7 Å². The van der Waals surface area contributed by atoms with Crippen LogP contribution >= 0.6 is 15.9 Å². The van der Waals surface area contributed by atoms with E-state index in [1.54, 1.807) is 6.20 Å². The van der Waals surface area contributed by atoms with Gasteiger partial charge in [0.15, 0.2) is 0 Å². The average Bonchev–Trinajstić information content (AvgIpc) is 2.24. The molecule has 0 aliphatic carbocycles. The lowest BCUT2D eigenvalue weighted by Crippen LogP contribution is -2.10. The monoisotopic (exact) mass is 283 g/mol. The predicted octanol–water partition coefficient (Wildman–Crippen LogP) is 2.52. The Kier molecular flexibility index (Phi) is 4.55. The molecule has 4 heteroatoms. The Bertz CT molecular complexity index is 413. The minimum Gasteiger partial charge on any atom is -0.465 e. The molecular weight excluding hydrogens is 270 g/mol. The van der Waals surface area contributed by atoms with Crippen LogP contribution in [0.2, 0.25) is 0 Å². The summed E-state index contributed by atoms with van der Waals surface area (Å²) in [6.45, 7) is 0. The van der Waals surface area contributed by atoms with Crippen LogP contribution in [0, 0.1) is 0 Å². The molecule has 86 valence electrons. The van der Waals surface area contributed by atoms with E-state index in [9.17, 15) is 4.79 Å². The molecule has 0 aliphatic heterocycles.